The second-order valence-corrected chi connectivity index (χ2v) is 3.85. The third-order valence-corrected chi connectivity index (χ3v) is 2.51. The number of nitrogens with one attached hydrogen (secondary N) is 1. The molecule has 0 heterocycles. The van der Waals surface area contributed by atoms with Crippen LogP contribution in [0.5, 0.6) is 0 Å². The maximum absolute atomic E-state index is 12.8. The van der Waals surface area contributed by atoms with E-state index in [1.165, 1.54) is 30.3 Å². The van der Waals surface area contributed by atoms with Crippen molar-refractivity contribution in [3.63, 3.8) is 0 Å². The fourth-order valence-electron chi connectivity index (χ4n) is 1.58. The van der Waals surface area contributed by atoms with Crippen LogP contribution in [0.25, 0.3) is 0 Å². The lowest BCUT2D eigenvalue weighted by atomic mass is 10.2. The molecule has 2 rings (SSSR count). The smallest absolute Gasteiger partial charge is 0.299 e. The highest BCUT2D eigenvalue weighted by Crippen LogP contribution is 2.31. The average molecular weight is 277 g/mol. The van der Waals surface area contributed by atoms with E-state index in [1.54, 1.807) is 0 Å². The van der Waals surface area contributed by atoms with E-state index in [1.807, 2.05) is 0 Å². The predicted octanol–water partition coefficient (Wildman–Crippen LogP) is 3.39. The normalized spacial score (nSPS) is 10.1. The standard InChI is InChI=1S/C12H8FN3O4/c13-8-1-3-9(4-2-8)14-11-6-5-10(15(17)18)7-12(11)16(19)20/h1-7,14H. The highest BCUT2D eigenvalue weighted by Gasteiger charge is 2.19. The van der Waals surface area contributed by atoms with E-state index in [0.29, 0.717) is 5.69 Å². The first kappa shape index (κ1) is 13.4. The Hall–Kier alpha value is -3.03. The molecule has 0 atom stereocenters. The van der Waals surface area contributed by atoms with Crippen LogP contribution in [-0.4, -0.2) is 9.85 Å². The third kappa shape index (κ3) is 2.86. The van der Waals surface area contributed by atoms with Gasteiger partial charge in [-0.3, -0.25) is 20.2 Å². The summed E-state index contributed by atoms with van der Waals surface area (Å²) in [7, 11) is 0. The average Bonchev–Trinajstić information content (AvgIpc) is 2.41. The zero-order valence-corrected chi connectivity index (χ0v) is 9.95. The van der Waals surface area contributed by atoms with E-state index in [9.17, 15) is 24.6 Å². The van der Waals surface area contributed by atoms with Gasteiger partial charge < -0.3 is 5.32 Å². The SMILES string of the molecule is O=[N+]([O-])c1ccc(Nc2ccc(F)cc2)c([N+](=O)[O-])c1. The Morgan fingerprint density at radius 2 is 1.60 bits per heavy atom. The molecular formula is C12H8FN3O4. The number of hydrogen-bond donors (Lipinski definition) is 1. The fourth-order valence-corrected chi connectivity index (χ4v) is 1.58. The Balaban J connectivity index is 2.38. The number of rotatable bonds is 4. The Labute approximate surface area is 112 Å². The van der Waals surface area contributed by atoms with Crippen LogP contribution in [0, 0.1) is 26.0 Å². The fraction of sp³-hybridized carbons (Fsp3) is 0. The van der Waals surface area contributed by atoms with Crippen molar-refractivity contribution in [3.05, 3.63) is 68.5 Å². The largest absolute Gasteiger partial charge is 0.350 e. The monoisotopic (exact) mass is 277 g/mol. The molecule has 0 saturated carbocycles. The zero-order valence-electron chi connectivity index (χ0n) is 9.95. The van der Waals surface area contributed by atoms with Crippen LogP contribution in [0.1, 0.15) is 0 Å². The molecule has 1 N–H and O–H groups in total. The molecule has 0 unspecified atom stereocenters. The summed E-state index contributed by atoms with van der Waals surface area (Å²) in [5, 5.41) is 24.2. The molecule has 0 aliphatic heterocycles. The van der Waals surface area contributed by atoms with Crippen LogP contribution in [-0.2, 0) is 0 Å². The molecule has 0 fully saturated rings. The van der Waals surface area contributed by atoms with Gasteiger partial charge in [0.1, 0.15) is 11.5 Å². The predicted molar refractivity (Wildman–Crippen MR) is 69.4 cm³/mol. The number of hydrogen-bond acceptors (Lipinski definition) is 5. The summed E-state index contributed by atoms with van der Waals surface area (Å²) in [5.74, 6) is -0.436. The summed E-state index contributed by atoms with van der Waals surface area (Å²) in [6, 6.07) is 8.45. The first-order chi connectivity index (χ1) is 9.47. The van der Waals surface area contributed by atoms with Gasteiger partial charge in [-0.05, 0) is 30.3 Å². The van der Waals surface area contributed by atoms with Gasteiger partial charge in [0.25, 0.3) is 11.4 Å². The molecule has 2 aromatic rings. The summed E-state index contributed by atoms with van der Waals surface area (Å²) in [6.45, 7) is 0. The van der Waals surface area contributed by atoms with E-state index in [-0.39, 0.29) is 11.4 Å². The van der Waals surface area contributed by atoms with Crippen LogP contribution in [0.2, 0.25) is 0 Å². The van der Waals surface area contributed by atoms with E-state index < -0.39 is 21.4 Å². The first-order valence-electron chi connectivity index (χ1n) is 5.43. The molecule has 8 heteroatoms. The van der Waals surface area contributed by atoms with E-state index in [0.717, 1.165) is 12.1 Å². The molecule has 2 aromatic carbocycles. The van der Waals surface area contributed by atoms with Gasteiger partial charge in [-0.15, -0.1) is 0 Å². The van der Waals surface area contributed by atoms with Gasteiger partial charge in [0.15, 0.2) is 0 Å². The molecule has 0 radical (unpaired) electrons. The summed E-state index contributed by atoms with van der Waals surface area (Å²) in [6.07, 6.45) is 0. The van der Waals surface area contributed by atoms with E-state index >= 15 is 0 Å². The number of benzene rings is 2. The second kappa shape index (κ2) is 5.31. The van der Waals surface area contributed by atoms with Gasteiger partial charge in [-0.1, -0.05) is 0 Å². The number of nitro benzene ring substituents is 2. The Kier molecular flexibility index (Phi) is 3.56. The molecule has 0 aromatic heterocycles. The van der Waals surface area contributed by atoms with Crippen LogP contribution in [0.3, 0.4) is 0 Å². The van der Waals surface area contributed by atoms with E-state index in [2.05, 4.69) is 5.32 Å². The van der Waals surface area contributed by atoms with Gasteiger partial charge in [-0.2, -0.15) is 0 Å². The minimum atomic E-state index is -0.723. The molecule has 0 bridgehead atoms. The van der Waals surface area contributed by atoms with Crippen molar-refractivity contribution in [2.45, 2.75) is 0 Å². The van der Waals surface area contributed by atoms with Crippen molar-refractivity contribution >= 4 is 22.7 Å². The molecule has 0 amide bonds. The maximum atomic E-state index is 12.8. The van der Waals surface area contributed by atoms with Crippen molar-refractivity contribution in [1.29, 1.82) is 0 Å². The first-order valence-corrected chi connectivity index (χ1v) is 5.43. The highest BCUT2D eigenvalue weighted by molar-refractivity contribution is 5.71. The molecule has 102 valence electrons. The Morgan fingerprint density at radius 3 is 2.15 bits per heavy atom. The van der Waals surface area contributed by atoms with Gasteiger partial charge >= 0.3 is 0 Å². The van der Waals surface area contributed by atoms with Crippen molar-refractivity contribution < 1.29 is 14.2 Å². The summed E-state index contributed by atoms with van der Waals surface area (Å²) in [5.41, 5.74) is -0.277. The second-order valence-electron chi connectivity index (χ2n) is 3.85. The van der Waals surface area contributed by atoms with E-state index in [4.69, 9.17) is 0 Å². The topological polar surface area (TPSA) is 98.3 Å². The van der Waals surface area contributed by atoms with Gasteiger partial charge in [0.05, 0.1) is 15.9 Å². The number of nitrogens with zero attached hydrogens (tertiary/aromatic N) is 2. The summed E-state index contributed by atoms with van der Waals surface area (Å²) >= 11 is 0. The van der Waals surface area contributed by atoms with Crippen LogP contribution < -0.4 is 5.32 Å². The molecule has 7 nitrogen and oxygen atoms in total. The quantitative estimate of drug-likeness (QED) is 0.682. The molecule has 0 spiro atoms. The number of non-ortho nitro benzene ring substituents is 1. The maximum Gasteiger partial charge on any atom is 0.299 e. The molecule has 0 aliphatic carbocycles. The number of anilines is 2. The Morgan fingerprint density at radius 1 is 0.950 bits per heavy atom. The third-order valence-electron chi connectivity index (χ3n) is 2.51. The van der Waals surface area contributed by atoms with Crippen molar-refractivity contribution in [2.24, 2.45) is 0 Å². The molecule has 0 saturated heterocycles. The molecule has 0 aliphatic rings. The minimum absolute atomic E-state index is 0.0900. The summed E-state index contributed by atoms with van der Waals surface area (Å²) in [4.78, 5) is 20.1. The summed E-state index contributed by atoms with van der Waals surface area (Å²) < 4.78 is 12.8. The lowest BCUT2D eigenvalue weighted by Gasteiger charge is -2.06. The lowest BCUT2D eigenvalue weighted by Crippen LogP contribution is -1.98. The van der Waals surface area contributed by atoms with Gasteiger partial charge in [0, 0.05) is 11.8 Å². The number of nitro groups is 2. The van der Waals surface area contributed by atoms with Gasteiger partial charge in [0.2, 0.25) is 0 Å². The lowest BCUT2D eigenvalue weighted by molar-refractivity contribution is -0.393. The zero-order chi connectivity index (χ0) is 14.7. The van der Waals surface area contributed by atoms with Crippen molar-refractivity contribution in [1.82, 2.24) is 0 Å². The van der Waals surface area contributed by atoms with Crippen molar-refractivity contribution in [2.75, 3.05) is 5.32 Å². The van der Waals surface area contributed by atoms with Crippen LogP contribution in [0.15, 0.2) is 42.5 Å². The highest BCUT2D eigenvalue weighted by atomic mass is 19.1. The van der Waals surface area contributed by atoms with Gasteiger partial charge in [-0.25, -0.2) is 4.39 Å². The number of halogens is 1. The minimum Gasteiger partial charge on any atom is -0.350 e. The Bertz CT molecular complexity index is 673. The molecular weight excluding hydrogens is 269 g/mol. The van der Waals surface area contributed by atoms with Crippen molar-refractivity contribution in [3.8, 4) is 0 Å². The molecule has 20 heavy (non-hydrogen) atoms. The van der Waals surface area contributed by atoms with Crippen LogP contribution in [0.4, 0.5) is 27.1 Å². The van der Waals surface area contributed by atoms with Crippen LogP contribution >= 0.6 is 0 Å².